The highest BCUT2D eigenvalue weighted by Crippen LogP contribution is 2.22. The van der Waals surface area contributed by atoms with Gasteiger partial charge in [0.1, 0.15) is 5.75 Å². The van der Waals surface area contributed by atoms with Gasteiger partial charge in [-0.15, -0.1) is 0 Å². The lowest BCUT2D eigenvalue weighted by atomic mass is 10.1. The molecule has 0 saturated heterocycles. The van der Waals surface area contributed by atoms with Crippen LogP contribution in [0.3, 0.4) is 0 Å². The van der Waals surface area contributed by atoms with Crippen LogP contribution in [0, 0.1) is 13.8 Å². The summed E-state index contributed by atoms with van der Waals surface area (Å²) in [6.45, 7) is 6.72. The summed E-state index contributed by atoms with van der Waals surface area (Å²) in [5.74, 6) is 0.373. The number of hydrogen-bond donors (Lipinski definition) is 3. The number of rotatable bonds is 5. The summed E-state index contributed by atoms with van der Waals surface area (Å²) < 4.78 is 0. The van der Waals surface area contributed by atoms with Crippen molar-refractivity contribution in [2.45, 2.75) is 39.8 Å². The van der Waals surface area contributed by atoms with E-state index < -0.39 is 0 Å². The Morgan fingerprint density at radius 3 is 2.25 bits per heavy atom. The summed E-state index contributed by atoms with van der Waals surface area (Å²) in [5.41, 5.74) is 2.93. The summed E-state index contributed by atoms with van der Waals surface area (Å²) in [6, 6.07) is 4.09. The van der Waals surface area contributed by atoms with Gasteiger partial charge in [0.25, 0.3) is 0 Å². The second kappa shape index (κ2) is 5.87. The average Bonchev–Trinajstić information content (AvgIpc) is 2.27. The molecule has 3 N–H and O–H groups in total. The molecule has 0 unspecified atom stereocenters. The molecular weight excluding hydrogens is 202 g/mol. The largest absolute Gasteiger partial charge is 0.507 e. The number of phenols is 1. The Labute approximate surface area is 97.1 Å². The van der Waals surface area contributed by atoms with Crippen LogP contribution in [0.15, 0.2) is 12.1 Å². The smallest absolute Gasteiger partial charge is 0.121 e. The van der Waals surface area contributed by atoms with Gasteiger partial charge in [-0.3, -0.25) is 0 Å². The van der Waals surface area contributed by atoms with Crippen molar-refractivity contribution in [1.82, 2.24) is 5.32 Å². The van der Waals surface area contributed by atoms with E-state index in [0.717, 1.165) is 29.7 Å². The van der Waals surface area contributed by atoms with Crippen LogP contribution in [0.2, 0.25) is 0 Å². The Morgan fingerprint density at radius 1 is 1.25 bits per heavy atom. The number of aliphatic hydroxyl groups excluding tert-OH is 1. The van der Waals surface area contributed by atoms with Gasteiger partial charge in [-0.05, 0) is 37.0 Å². The van der Waals surface area contributed by atoms with Crippen molar-refractivity contribution < 1.29 is 10.2 Å². The molecule has 16 heavy (non-hydrogen) atoms. The molecule has 1 atom stereocenters. The Morgan fingerprint density at radius 2 is 1.81 bits per heavy atom. The third-order valence-electron chi connectivity index (χ3n) is 2.86. The maximum Gasteiger partial charge on any atom is 0.121 e. The SMILES string of the molecule is CC[C@@H](CO)NCc1cc(C)c(O)c(C)c1. The monoisotopic (exact) mass is 223 g/mol. The van der Waals surface area contributed by atoms with Crippen LogP contribution in [-0.2, 0) is 6.54 Å². The fourth-order valence-electron chi connectivity index (χ4n) is 1.75. The summed E-state index contributed by atoms with van der Waals surface area (Å²) in [7, 11) is 0. The molecule has 0 fully saturated rings. The molecule has 90 valence electrons. The van der Waals surface area contributed by atoms with Gasteiger partial charge in [-0.1, -0.05) is 19.1 Å². The van der Waals surface area contributed by atoms with E-state index in [9.17, 15) is 5.11 Å². The van der Waals surface area contributed by atoms with Gasteiger partial charge in [0.05, 0.1) is 6.61 Å². The molecular formula is C13H21NO2. The molecule has 3 heteroatoms. The van der Waals surface area contributed by atoms with Gasteiger partial charge < -0.3 is 15.5 Å². The van der Waals surface area contributed by atoms with Crippen molar-refractivity contribution in [3.63, 3.8) is 0 Å². The maximum absolute atomic E-state index is 9.64. The van der Waals surface area contributed by atoms with E-state index in [4.69, 9.17) is 5.11 Å². The minimum atomic E-state index is 0.148. The lowest BCUT2D eigenvalue weighted by Gasteiger charge is -2.15. The molecule has 0 spiro atoms. The zero-order chi connectivity index (χ0) is 12.1. The Bertz CT molecular complexity index is 323. The first-order valence-electron chi connectivity index (χ1n) is 5.71. The topological polar surface area (TPSA) is 52.5 Å². The fourth-order valence-corrected chi connectivity index (χ4v) is 1.75. The Balaban J connectivity index is 2.68. The van der Waals surface area contributed by atoms with Gasteiger partial charge >= 0.3 is 0 Å². The van der Waals surface area contributed by atoms with E-state index in [0.29, 0.717) is 5.75 Å². The van der Waals surface area contributed by atoms with Crippen molar-refractivity contribution in [3.8, 4) is 5.75 Å². The van der Waals surface area contributed by atoms with Gasteiger partial charge in [-0.25, -0.2) is 0 Å². The quantitative estimate of drug-likeness (QED) is 0.714. The number of aryl methyl sites for hydroxylation is 2. The lowest BCUT2D eigenvalue weighted by molar-refractivity contribution is 0.238. The number of aromatic hydroxyl groups is 1. The minimum absolute atomic E-state index is 0.148. The van der Waals surface area contributed by atoms with Crippen molar-refractivity contribution >= 4 is 0 Å². The molecule has 0 bridgehead atoms. The predicted molar refractivity (Wildman–Crippen MR) is 65.6 cm³/mol. The molecule has 1 aromatic carbocycles. The molecule has 0 saturated carbocycles. The van der Waals surface area contributed by atoms with Gasteiger partial charge in [0.15, 0.2) is 0 Å². The van der Waals surface area contributed by atoms with E-state index in [1.54, 1.807) is 0 Å². The molecule has 0 aliphatic rings. The van der Waals surface area contributed by atoms with Crippen molar-refractivity contribution in [2.24, 2.45) is 0 Å². The summed E-state index contributed by atoms with van der Waals surface area (Å²) in [4.78, 5) is 0. The zero-order valence-corrected chi connectivity index (χ0v) is 10.2. The molecule has 0 aliphatic heterocycles. The van der Waals surface area contributed by atoms with Crippen molar-refractivity contribution in [3.05, 3.63) is 28.8 Å². The second-order valence-electron chi connectivity index (χ2n) is 4.25. The van der Waals surface area contributed by atoms with Crippen molar-refractivity contribution in [1.29, 1.82) is 0 Å². The molecule has 0 amide bonds. The molecule has 0 radical (unpaired) electrons. The van der Waals surface area contributed by atoms with Crippen molar-refractivity contribution in [2.75, 3.05) is 6.61 Å². The fraction of sp³-hybridized carbons (Fsp3) is 0.538. The highest BCUT2D eigenvalue weighted by atomic mass is 16.3. The number of benzene rings is 1. The first kappa shape index (κ1) is 13.0. The second-order valence-corrected chi connectivity index (χ2v) is 4.25. The van der Waals surface area contributed by atoms with Crippen LogP contribution in [-0.4, -0.2) is 22.9 Å². The highest BCUT2D eigenvalue weighted by molar-refractivity contribution is 5.42. The Hall–Kier alpha value is -1.06. The number of hydrogen-bond acceptors (Lipinski definition) is 3. The highest BCUT2D eigenvalue weighted by Gasteiger charge is 2.06. The molecule has 1 aromatic rings. The third-order valence-corrected chi connectivity index (χ3v) is 2.86. The van der Waals surface area contributed by atoms with Crippen LogP contribution in [0.4, 0.5) is 0 Å². The zero-order valence-electron chi connectivity index (χ0n) is 10.2. The van der Waals surface area contributed by atoms with Crippen LogP contribution in [0.1, 0.15) is 30.0 Å². The van der Waals surface area contributed by atoms with Crippen LogP contribution >= 0.6 is 0 Å². The van der Waals surface area contributed by atoms with E-state index in [1.165, 1.54) is 0 Å². The normalized spacial score (nSPS) is 12.8. The number of aliphatic hydroxyl groups is 1. The van der Waals surface area contributed by atoms with E-state index in [1.807, 2.05) is 32.9 Å². The molecule has 0 aromatic heterocycles. The molecule has 0 heterocycles. The van der Waals surface area contributed by atoms with Gasteiger partial charge in [0, 0.05) is 12.6 Å². The lowest BCUT2D eigenvalue weighted by Crippen LogP contribution is -2.31. The first-order valence-corrected chi connectivity index (χ1v) is 5.71. The molecule has 3 nitrogen and oxygen atoms in total. The average molecular weight is 223 g/mol. The predicted octanol–water partition coefficient (Wildman–Crippen LogP) is 1.87. The van der Waals surface area contributed by atoms with E-state index >= 15 is 0 Å². The molecule has 0 aliphatic carbocycles. The summed E-state index contributed by atoms with van der Waals surface area (Å²) in [6.07, 6.45) is 0.909. The Kier molecular flexibility index (Phi) is 4.77. The maximum atomic E-state index is 9.64. The third kappa shape index (κ3) is 3.22. The van der Waals surface area contributed by atoms with Crippen LogP contribution in [0.5, 0.6) is 5.75 Å². The van der Waals surface area contributed by atoms with Crippen LogP contribution in [0.25, 0.3) is 0 Å². The van der Waals surface area contributed by atoms with Crippen LogP contribution < -0.4 is 5.32 Å². The van der Waals surface area contributed by atoms with E-state index in [2.05, 4.69) is 5.32 Å². The summed E-state index contributed by atoms with van der Waals surface area (Å²) >= 11 is 0. The minimum Gasteiger partial charge on any atom is -0.507 e. The number of phenolic OH excluding ortho intramolecular Hbond substituents is 1. The molecule has 1 rings (SSSR count). The standard InChI is InChI=1S/C13H21NO2/c1-4-12(8-15)14-7-11-5-9(2)13(16)10(3)6-11/h5-6,12,14-16H,4,7-8H2,1-3H3/t12-/m0/s1. The van der Waals surface area contributed by atoms with E-state index in [-0.39, 0.29) is 12.6 Å². The van der Waals surface area contributed by atoms with Gasteiger partial charge in [0.2, 0.25) is 0 Å². The van der Waals surface area contributed by atoms with Gasteiger partial charge in [-0.2, -0.15) is 0 Å². The number of nitrogens with one attached hydrogen (secondary N) is 1. The first-order chi connectivity index (χ1) is 7.58. The summed E-state index contributed by atoms with van der Waals surface area (Å²) in [5, 5.41) is 22.0.